The second-order valence-electron chi connectivity index (χ2n) is 7.44. The first-order chi connectivity index (χ1) is 12.8. The van der Waals surface area contributed by atoms with Crippen molar-refractivity contribution in [2.24, 2.45) is 10.9 Å². The standard InChI is InChI=1S/C20H34N4O2.HI/c1-18-6-11-24(12-7-18)20(22-9-5-19-4-2-15-26-19)21-8-3-10-23-13-16-25-17-14-23;/h2,4,15,18H,3,5-14,16-17H2,1H3,(H,21,22);1H. The average molecular weight is 490 g/mol. The quantitative estimate of drug-likeness (QED) is 0.276. The van der Waals surface area contributed by atoms with Crippen LogP contribution in [0.5, 0.6) is 0 Å². The van der Waals surface area contributed by atoms with Gasteiger partial charge in [-0.3, -0.25) is 9.89 Å². The first kappa shape index (κ1) is 22.5. The molecule has 2 aliphatic heterocycles. The van der Waals surface area contributed by atoms with Gasteiger partial charge in [-0.05, 0) is 37.3 Å². The topological polar surface area (TPSA) is 53.2 Å². The zero-order valence-corrected chi connectivity index (χ0v) is 18.9. The van der Waals surface area contributed by atoms with Crippen LogP contribution < -0.4 is 5.32 Å². The molecular formula is C20H35IN4O2. The number of guanidine groups is 1. The smallest absolute Gasteiger partial charge is 0.193 e. The van der Waals surface area contributed by atoms with Crippen LogP contribution in [0.25, 0.3) is 0 Å². The van der Waals surface area contributed by atoms with Crippen LogP contribution in [0.1, 0.15) is 31.9 Å². The number of hydrogen-bond acceptors (Lipinski definition) is 4. The maximum atomic E-state index is 5.43. The summed E-state index contributed by atoms with van der Waals surface area (Å²) in [7, 11) is 0. The Bertz CT molecular complexity index is 524. The molecule has 0 atom stereocenters. The highest BCUT2D eigenvalue weighted by Crippen LogP contribution is 2.16. The van der Waals surface area contributed by atoms with Crippen molar-refractivity contribution < 1.29 is 9.15 Å². The molecule has 3 rings (SSSR count). The number of aliphatic imine (C=N–C) groups is 1. The highest BCUT2D eigenvalue weighted by molar-refractivity contribution is 14.0. The molecule has 2 saturated heterocycles. The SMILES string of the molecule is CC1CCN(C(=NCCCN2CCOCC2)NCCc2ccco2)CC1.I. The van der Waals surface area contributed by atoms with Crippen LogP contribution in [0, 0.1) is 5.92 Å². The van der Waals surface area contributed by atoms with E-state index < -0.39 is 0 Å². The van der Waals surface area contributed by atoms with E-state index in [4.69, 9.17) is 14.1 Å². The van der Waals surface area contributed by atoms with E-state index in [2.05, 4.69) is 22.0 Å². The molecule has 3 heterocycles. The monoisotopic (exact) mass is 490 g/mol. The zero-order valence-electron chi connectivity index (χ0n) is 16.6. The minimum absolute atomic E-state index is 0. The molecule has 2 fully saturated rings. The van der Waals surface area contributed by atoms with E-state index in [-0.39, 0.29) is 24.0 Å². The van der Waals surface area contributed by atoms with Crippen LogP contribution in [0.3, 0.4) is 0 Å². The molecule has 0 bridgehead atoms. The third-order valence-corrected chi connectivity index (χ3v) is 5.32. The molecule has 7 heteroatoms. The highest BCUT2D eigenvalue weighted by atomic mass is 127. The van der Waals surface area contributed by atoms with Gasteiger partial charge in [-0.2, -0.15) is 0 Å². The maximum Gasteiger partial charge on any atom is 0.193 e. The summed E-state index contributed by atoms with van der Waals surface area (Å²) < 4.78 is 10.8. The summed E-state index contributed by atoms with van der Waals surface area (Å²) in [6.45, 7) is 11.3. The summed E-state index contributed by atoms with van der Waals surface area (Å²) in [4.78, 5) is 9.82. The predicted octanol–water partition coefficient (Wildman–Crippen LogP) is 2.84. The first-order valence-electron chi connectivity index (χ1n) is 10.2. The Labute approximate surface area is 180 Å². The van der Waals surface area contributed by atoms with Crippen molar-refractivity contribution in [2.45, 2.75) is 32.6 Å². The Hall–Kier alpha value is -0.800. The number of halogens is 1. The lowest BCUT2D eigenvalue weighted by Gasteiger charge is -2.33. The molecule has 0 saturated carbocycles. The molecule has 2 aliphatic rings. The molecule has 1 aromatic heterocycles. The van der Waals surface area contributed by atoms with Gasteiger partial charge in [-0.1, -0.05) is 6.92 Å². The Balaban J connectivity index is 0.00000261. The van der Waals surface area contributed by atoms with E-state index in [1.54, 1.807) is 6.26 Å². The summed E-state index contributed by atoms with van der Waals surface area (Å²) in [6, 6.07) is 3.98. The molecule has 27 heavy (non-hydrogen) atoms. The molecular weight excluding hydrogens is 455 g/mol. The van der Waals surface area contributed by atoms with E-state index in [1.807, 2.05) is 12.1 Å². The zero-order chi connectivity index (χ0) is 18.0. The molecule has 0 aromatic carbocycles. The molecule has 0 aliphatic carbocycles. The van der Waals surface area contributed by atoms with Gasteiger partial charge in [-0.15, -0.1) is 24.0 Å². The number of furan rings is 1. The number of hydrogen-bond donors (Lipinski definition) is 1. The van der Waals surface area contributed by atoms with Crippen molar-refractivity contribution in [1.82, 2.24) is 15.1 Å². The average Bonchev–Trinajstić information content (AvgIpc) is 3.19. The largest absolute Gasteiger partial charge is 0.469 e. The van der Waals surface area contributed by atoms with Crippen LogP contribution >= 0.6 is 24.0 Å². The van der Waals surface area contributed by atoms with Crippen LogP contribution in [-0.4, -0.2) is 74.8 Å². The lowest BCUT2D eigenvalue weighted by atomic mass is 9.99. The molecule has 0 radical (unpaired) electrons. The Morgan fingerprint density at radius 2 is 2.00 bits per heavy atom. The molecule has 6 nitrogen and oxygen atoms in total. The van der Waals surface area contributed by atoms with Crippen LogP contribution in [0.15, 0.2) is 27.8 Å². The van der Waals surface area contributed by atoms with Gasteiger partial charge in [-0.25, -0.2) is 0 Å². The van der Waals surface area contributed by atoms with Gasteiger partial charge >= 0.3 is 0 Å². The summed E-state index contributed by atoms with van der Waals surface area (Å²) in [6.07, 6.45) is 6.25. The Morgan fingerprint density at radius 3 is 2.70 bits per heavy atom. The summed E-state index contributed by atoms with van der Waals surface area (Å²) in [5, 5.41) is 3.56. The second kappa shape index (κ2) is 12.6. The van der Waals surface area contributed by atoms with Crippen molar-refractivity contribution in [3.05, 3.63) is 24.2 Å². The molecule has 1 aromatic rings. The summed E-state index contributed by atoms with van der Waals surface area (Å²) in [5.41, 5.74) is 0. The van der Waals surface area contributed by atoms with Gasteiger partial charge in [0.1, 0.15) is 5.76 Å². The molecule has 154 valence electrons. The third-order valence-electron chi connectivity index (χ3n) is 5.32. The van der Waals surface area contributed by atoms with Crippen molar-refractivity contribution >= 4 is 29.9 Å². The van der Waals surface area contributed by atoms with Gasteiger partial charge in [0.15, 0.2) is 5.96 Å². The molecule has 0 unspecified atom stereocenters. The second-order valence-corrected chi connectivity index (χ2v) is 7.44. The van der Waals surface area contributed by atoms with Crippen LogP contribution in [0.2, 0.25) is 0 Å². The molecule has 1 N–H and O–H groups in total. The molecule has 0 spiro atoms. The van der Waals surface area contributed by atoms with Gasteiger partial charge in [0.2, 0.25) is 0 Å². The fourth-order valence-electron chi connectivity index (χ4n) is 3.54. The van der Waals surface area contributed by atoms with Gasteiger partial charge in [0.05, 0.1) is 19.5 Å². The Morgan fingerprint density at radius 1 is 1.22 bits per heavy atom. The van der Waals surface area contributed by atoms with E-state index >= 15 is 0 Å². The summed E-state index contributed by atoms with van der Waals surface area (Å²) in [5.74, 6) is 2.93. The normalized spacial score (nSPS) is 19.7. The molecule has 0 amide bonds. The third kappa shape index (κ3) is 7.99. The van der Waals surface area contributed by atoms with Crippen molar-refractivity contribution in [3.63, 3.8) is 0 Å². The lowest BCUT2D eigenvalue weighted by molar-refractivity contribution is 0.0377. The van der Waals surface area contributed by atoms with Crippen LogP contribution in [-0.2, 0) is 11.2 Å². The number of rotatable bonds is 7. The Kier molecular flexibility index (Phi) is 10.5. The lowest BCUT2D eigenvalue weighted by Crippen LogP contribution is -2.46. The summed E-state index contributed by atoms with van der Waals surface area (Å²) >= 11 is 0. The van der Waals surface area contributed by atoms with Crippen molar-refractivity contribution in [2.75, 3.05) is 59.0 Å². The van der Waals surface area contributed by atoms with Crippen molar-refractivity contribution in [3.8, 4) is 0 Å². The number of nitrogens with zero attached hydrogens (tertiary/aromatic N) is 3. The van der Waals surface area contributed by atoms with Gasteiger partial charge in [0.25, 0.3) is 0 Å². The van der Waals surface area contributed by atoms with Gasteiger partial charge in [0, 0.05) is 52.2 Å². The van der Waals surface area contributed by atoms with E-state index in [9.17, 15) is 0 Å². The first-order valence-corrected chi connectivity index (χ1v) is 10.2. The van der Waals surface area contributed by atoms with Crippen LogP contribution in [0.4, 0.5) is 0 Å². The van der Waals surface area contributed by atoms with Gasteiger partial charge < -0.3 is 19.4 Å². The van der Waals surface area contributed by atoms with E-state index in [0.29, 0.717) is 0 Å². The van der Waals surface area contributed by atoms with E-state index in [1.165, 1.54) is 12.8 Å². The minimum Gasteiger partial charge on any atom is -0.469 e. The predicted molar refractivity (Wildman–Crippen MR) is 120 cm³/mol. The number of likely N-dealkylation sites (tertiary alicyclic amines) is 1. The minimum atomic E-state index is 0. The number of morpholine rings is 1. The fraction of sp³-hybridized carbons (Fsp3) is 0.750. The number of piperidine rings is 1. The number of nitrogens with one attached hydrogen (secondary N) is 1. The highest BCUT2D eigenvalue weighted by Gasteiger charge is 2.18. The fourth-order valence-corrected chi connectivity index (χ4v) is 3.54. The van der Waals surface area contributed by atoms with Crippen molar-refractivity contribution in [1.29, 1.82) is 0 Å². The number of ether oxygens (including phenoxy) is 1. The maximum absolute atomic E-state index is 5.43. The van der Waals surface area contributed by atoms with E-state index in [0.717, 1.165) is 89.5 Å².